The summed E-state index contributed by atoms with van der Waals surface area (Å²) in [4.78, 5) is 14.5. The van der Waals surface area contributed by atoms with Gasteiger partial charge in [-0.05, 0) is 63.0 Å². The van der Waals surface area contributed by atoms with Gasteiger partial charge in [-0.1, -0.05) is 0 Å². The van der Waals surface area contributed by atoms with Crippen LogP contribution >= 0.6 is 0 Å². The summed E-state index contributed by atoms with van der Waals surface area (Å²) in [5, 5.41) is 3.13. The Morgan fingerprint density at radius 3 is 2.73 bits per heavy atom. The van der Waals surface area contributed by atoms with Gasteiger partial charge in [0.2, 0.25) is 5.91 Å². The number of hydrogen-bond donors (Lipinski definition) is 1. The summed E-state index contributed by atoms with van der Waals surface area (Å²) in [6.45, 7) is 0. The number of hydrogen-bond acceptors (Lipinski definition) is 3. The van der Waals surface area contributed by atoms with E-state index in [1.165, 1.54) is 13.2 Å². The van der Waals surface area contributed by atoms with E-state index in [4.69, 9.17) is 4.74 Å². The first-order valence-corrected chi connectivity index (χ1v) is 7.82. The molecule has 0 heterocycles. The van der Waals surface area contributed by atoms with E-state index >= 15 is 0 Å². The fourth-order valence-electron chi connectivity index (χ4n) is 3.43. The van der Waals surface area contributed by atoms with Crippen molar-refractivity contribution in [2.75, 3.05) is 21.2 Å². The number of nitrogens with zero attached hydrogens (tertiary/aromatic N) is 1. The molecule has 1 aromatic rings. The van der Waals surface area contributed by atoms with Crippen LogP contribution in [0.25, 0.3) is 0 Å². The lowest BCUT2D eigenvalue weighted by Gasteiger charge is -2.39. The maximum atomic E-state index is 13.7. The summed E-state index contributed by atoms with van der Waals surface area (Å²) < 4.78 is 18.8. The zero-order valence-electron chi connectivity index (χ0n) is 13.4. The number of rotatable bonds is 4. The molecule has 0 bridgehead atoms. The number of halogens is 1. The number of methoxy groups -OCH3 is 1. The molecule has 1 atom stereocenters. The van der Waals surface area contributed by atoms with Crippen molar-refractivity contribution in [1.29, 1.82) is 0 Å². The van der Waals surface area contributed by atoms with Crippen LogP contribution in [0.15, 0.2) is 12.1 Å². The minimum atomic E-state index is -0.332. The highest BCUT2D eigenvalue weighted by atomic mass is 19.1. The van der Waals surface area contributed by atoms with Gasteiger partial charge < -0.3 is 15.0 Å². The number of amides is 1. The van der Waals surface area contributed by atoms with E-state index in [0.717, 1.165) is 36.8 Å². The maximum Gasteiger partial charge on any atom is 0.223 e. The van der Waals surface area contributed by atoms with E-state index in [1.54, 1.807) is 6.07 Å². The molecular weight excluding hydrogens is 283 g/mol. The monoisotopic (exact) mass is 306 g/mol. The van der Waals surface area contributed by atoms with Gasteiger partial charge in [-0.15, -0.1) is 0 Å². The number of aryl methyl sites for hydroxylation is 1. The zero-order valence-corrected chi connectivity index (χ0v) is 13.4. The molecule has 1 unspecified atom stereocenters. The van der Waals surface area contributed by atoms with Crippen molar-refractivity contribution in [3.63, 3.8) is 0 Å². The van der Waals surface area contributed by atoms with Crippen molar-refractivity contribution in [3.05, 3.63) is 29.1 Å². The fraction of sp³-hybridized carbons (Fsp3) is 0.588. The highest BCUT2D eigenvalue weighted by molar-refractivity contribution is 5.80. The van der Waals surface area contributed by atoms with Crippen LogP contribution < -0.4 is 10.1 Å². The van der Waals surface area contributed by atoms with Crippen molar-refractivity contribution in [2.24, 2.45) is 5.92 Å². The van der Waals surface area contributed by atoms with Crippen molar-refractivity contribution in [2.45, 2.75) is 37.8 Å². The van der Waals surface area contributed by atoms with Crippen LogP contribution in [-0.2, 0) is 11.2 Å². The molecule has 1 saturated carbocycles. The first-order valence-electron chi connectivity index (χ1n) is 7.82. The average molecular weight is 306 g/mol. The molecule has 1 aromatic carbocycles. The summed E-state index contributed by atoms with van der Waals surface area (Å²) >= 11 is 0. The molecular formula is C17H23FN2O2. The van der Waals surface area contributed by atoms with Crippen LogP contribution in [-0.4, -0.2) is 38.1 Å². The Kier molecular flexibility index (Phi) is 4.08. The molecule has 2 aliphatic rings. The summed E-state index contributed by atoms with van der Waals surface area (Å²) in [5.74, 6) is 0.148. The molecule has 0 aromatic heterocycles. The van der Waals surface area contributed by atoms with Crippen LogP contribution in [0.1, 0.15) is 36.4 Å². The van der Waals surface area contributed by atoms with E-state index in [-0.39, 0.29) is 29.4 Å². The smallest absolute Gasteiger partial charge is 0.223 e. The number of carbonyl (C=O) groups is 1. The third kappa shape index (κ3) is 2.70. The van der Waals surface area contributed by atoms with Gasteiger partial charge in [0.25, 0.3) is 0 Å². The third-order valence-corrected chi connectivity index (χ3v) is 5.02. The molecule has 3 rings (SSSR count). The Morgan fingerprint density at radius 1 is 1.36 bits per heavy atom. The van der Waals surface area contributed by atoms with Crippen LogP contribution in [0.3, 0.4) is 0 Å². The van der Waals surface area contributed by atoms with E-state index < -0.39 is 0 Å². The van der Waals surface area contributed by atoms with Crippen molar-refractivity contribution < 1.29 is 13.9 Å². The van der Waals surface area contributed by atoms with Gasteiger partial charge in [0.1, 0.15) is 0 Å². The lowest BCUT2D eigenvalue weighted by atomic mass is 9.79. The average Bonchev–Trinajstić information content (AvgIpc) is 2.77. The fourth-order valence-corrected chi connectivity index (χ4v) is 3.43. The van der Waals surface area contributed by atoms with Crippen molar-refractivity contribution >= 4 is 5.91 Å². The second kappa shape index (κ2) is 5.88. The number of nitrogens with one attached hydrogen (secondary N) is 1. The Bertz CT molecular complexity index is 582. The van der Waals surface area contributed by atoms with Gasteiger partial charge in [0.05, 0.1) is 13.2 Å². The van der Waals surface area contributed by atoms with E-state index in [2.05, 4.69) is 10.2 Å². The predicted octanol–water partition coefficient (Wildman–Crippen LogP) is 2.28. The minimum Gasteiger partial charge on any atom is -0.494 e. The molecule has 2 aliphatic carbocycles. The Labute approximate surface area is 130 Å². The quantitative estimate of drug-likeness (QED) is 0.928. The van der Waals surface area contributed by atoms with Gasteiger partial charge in [-0.25, -0.2) is 4.39 Å². The van der Waals surface area contributed by atoms with Gasteiger partial charge in [0.15, 0.2) is 11.6 Å². The normalized spacial score (nSPS) is 26.5. The molecule has 1 fully saturated rings. The minimum absolute atomic E-state index is 0.0181. The molecule has 1 amide bonds. The van der Waals surface area contributed by atoms with Gasteiger partial charge in [-0.3, -0.25) is 4.79 Å². The predicted molar refractivity (Wildman–Crippen MR) is 82.4 cm³/mol. The highest BCUT2D eigenvalue weighted by Gasteiger charge is 2.37. The van der Waals surface area contributed by atoms with Crippen LogP contribution in [0, 0.1) is 11.7 Å². The van der Waals surface area contributed by atoms with Crippen LogP contribution in [0.5, 0.6) is 5.75 Å². The largest absolute Gasteiger partial charge is 0.494 e. The third-order valence-electron chi connectivity index (χ3n) is 5.02. The lowest BCUT2D eigenvalue weighted by molar-refractivity contribution is -0.130. The number of ether oxygens (including phenoxy) is 1. The molecule has 5 heteroatoms. The number of benzene rings is 1. The second-order valence-electron chi connectivity index (χ2n) is 6.57. The Morgan fingerprint density at radius 2 is 2.09 bits per heavy atom. The zero-order chi connectivity index (χ0) is 15.9. The van der Waals surface area contributed by atoms with Gasteiger partial charge >= 0.3 is 0 Å². The standard InChI is InChI=1S/C17H23FN2O2/c1-20(2)12-6-11(7-12)17(21)19-15-5-4-10-8-14(18)16(22-3)9-13(10)15/h8-9,11-12,15H,4-7H2,1-3H3,(H,19,21). The Hall–Kier alpha value is -1.62. The molecule has 0 spiro atoms. The summed E-state index contributed by atoms with van der Waals surface area (Å²) in [6, 6.07) is 3.76. The summed E-state index contributed by atoms with van der Waals surface area (Å²) in [5.41, 5.74) is 1.97. The first kappa shape index (κ1) is 15.3. The first-order chi connectivity index (χ1) is 10.5. The molecule has 1 N–H and O–H groups in total. The molecule has 0 aliphatic heterocycles. The number of carbonyl (C=O) groups excluding carboxylic acids is 1. The lowest BCUT2D eigenvalue weighted by Crippen LogP contribution is -2.47. The summed E-state index contributed by atoms with van der Waals surface area (Å²) in [7, 11) is 5.56. The van der Waals surface area contributed by atoms with E-state index in [0.29, 0.717) is 6.04 Å². The van der Waals surface area contributed by atoms with E-state index in [9.17, 15) is 9.18 Å². The van der Waals surface area contributed by atoms with E-state index in [1.807, 2.05) is 14.1 Å². The Balaban J connectivity index is 1.65. The van der Waals surface area contributed by atoms with Crippen LogP contribution in [0.2, 0.25) is 0 Å². The highest BCUT2D eigenvalue weighted by Crippen LogP contribution is 2.37. The summed E-state index contributed by atoms with van der Waals surface area (Å²) in [6.07, 6.45) is 3.47. The van der Waals surface area contributed by atoms with Gasteiger partial charge in [0, 0.05) is 12.0 Å². The second-order valence-corrected chi connectivity index (χ2v) is 6.57. The number of fused-ring (bicyclic) bond motifs is 1. The maximum absolute atomic E-state index is 13.7. The van der Waals surface area contributed by atoms with Crippen molar-refractivity contribution in [1.82, 2.24) is 10.2 Å². The SMILES string of the molecule is COc1cc2c(cc1F)CCC2NC(=O)C1CC(N(C)C)C1. The topological polar surface area (TPSA) is 41.6 Å². The molecule has 0 saturated heterocycles. The van der Waals surface area contributed by atoms with Crippen molar-refractivity contribution in [3.8, 4) is 5.75 Å². The molecule has 0 radical (unpaired) electrons. The van der Waals surface area contributed by atoms with Crippen LogP contribution in [0.4, 0.5) is 4.39 Å². The molecule has 22 heavy (non-hydrogen) atoms. The molecule has 120 valence electrons. The molecule has 4 nitrogen and oxygen atoms in total. The van der Waals surface area contributed by atoms with Gasteiger partial charge in [-0.2, -0.15) is 0 Å².